The molecule has 2 rings (SSSR count). The molecule has 0 aromatic carbocycles. The second-order valence-corrected chi connectivity index (χ2v) is 7.84. The predicted octanol–water partition coefficient (Wildman–Crippen LogP) is 2.63. The highest BCUT2D eigenvalue weighted by molar-refractivity contribution is 7.90. The maximum absolute atomic E-state index is 11.9. The maximum Gasteiger partial charge on any atom is 0.287 e. The highest BCUT2D eigenvalue weighted by atomic mass is 32.2. The highest BCUT2D eigenvalue weighted by Gasteiger charge is 2.22. The fraction of sp³-hybridized carbons (Fsp3) is 0.667. The molecule has 0 atom stereocenters. The molecule has 21 heavy (non-hydrogen) atoms. The van der Waals surface area contributed by atoms with Gasteiger partial charge in [-0.3, -0.25) is 4.79 Å². The van der Waals surface area contributed by atoms with Gasteiger partial charge in [-0.15, -0.1) is 0 Å². The van der Waals surface area contributed by atoms with Crippen LogP contribution in [0.25, 0.3) is 0 Å². The van der Waals surface area contributed by atoms with Crippen LogP contribution in [0.1, 0.15) is 49.6 Å². The Labute approximate surface area is 126 Å². The number of carbonyl (C=O) groups excluding carboxylic acids is 1. The Morgan fingerprint density at radius 2 is 1.86 bits per heavy atom. The Bertz CT molecular complexity index is 583. The summed E-state index contributed by atoms with van der Waals surface area (Å²) in [4.78, 5) is 11.9. The van der Waals surface area contributed by atoms with Crippen LogP contribution in [0, 0.1) is 11.8 Å². The third kappa shape index (κ3) is 4.33. The first-order chi connectivity index (χ1) is 9.90. The summed E-state index contributed by atoms with van der Waals surface area (Å²) in [6, 6.07) is 2.72. The van der Waals surface area contributed by atoms with Crippen molar-refractivity contribution in [2.75, 3.05) is 12.8 Å². The normalized spacial score (nSPS) is 23.0. The Morgan fingerprint density at radius 1 is 1.24 bits per heavy atom. The second kappa shape index (κ2) is 6.64. The summed E-state index contributed by atoms with van der Waals surface area (Å²) >= 11 is 0. The third-order valence-electron chi connectivity index (χ3n) is 4.27. The first kappa shape index (κ1) is 16.1. The molecule has 1 aromatic rings. The molecule has 1 amide bonds. The Balaban J connectivity index is 1.84. The van der Waals surface area contributed by atoms with Gasteiger partial charge in [-0.1, -0.05) is 26.2 Å². The molecule has 5 nitrogen and oxygen atoms in total. The van der Waals surface area contributed by atoms with Crippen LogP contribution in [0.5, 0.6) is 0 Å². The molecule has 0 bridgehead atoms. The van der Waals surface area contributed by atoms with E-state index in [4.69, 9.17) is 4.42 Å². The minimum Gasteiger partial charge on any atom is -0.440 e. The van der Waals surface area contributed by atoms with Crippen molar-refractivity contribution in [3.63, 3.8) is 0 Å². The predicted molar refractivity (Wildman–Crippen MR) is 79.9 cm³/mol. The molecule has 0 saturated heterocycles. The molecule has 1 aromatic heterocycles. The van der Waals surface area contributed by atoms with Gasteiger partial charge in [0.1, 0.15) is 0 Å². The van der Waals surface area contributed by atoms with Crippen molar-refractivity contribution in [3.8, 4) is 0 Å². The van der Waals surface area contributed by atoms with Crippen molar-refractivity contribution < 1.29 is 17.6 Å². The largest absolute Gasteiger partial charge is 0.440 e. The topological polar surface area (TPSA) is 76.4 Å². The maximum atomic E-state index is 11.9. The Kier molecular flexibility index (Phi) is 5.08. The summed E-state index contributed by atoms with van der Waals surface area (Å²) in [5, 5.41) is 2.67. The van der Waals surface area contributed by atoms with Crippen LogP contribution in [0.3, 0.4) is 0 Å². The van der Waals surface area contributed by atoms with E-state index in [9.17, 15) is 13.2 Å². The highest BCUT2D eigenvalue weighted by Crippen LogP contribution is 2.30. The summed E-state index contributed by atoms with van der Waals surface area (Å²) in [7, 11) is -3.41. The molecule has 1 saturated carbocycles. The fourth-order valence-corrected chi connectivity index (χ4v) is 3.37. The number of hydrogen-bond acceptors (Lipinski definition) is 4. The molecular formula is C15H23NO4S. The average Bonchev–Trinajstić information content (AvgIpc) is 2.95. The van der Waals surface area contributed by atoms with Crippen molar-refractivity contribution in [1.29, 1.82) is 0 Å². The van der Waals surface area contributed by atoms with E-state index in [0.717, 1.165) is 25.0 Å². The molecule has 1 heterocycles. The van der Waals surface area contributed by atoms with Crippen molar-refractivity contribution in [1.82, 2.24) is 5.32 Å². The molecule has 1 fully saturated rings. The molecule has 6 heteroatoms. The summed E-state index contributed by atoms with van der Waals surface area (Å²) in [6.45, 7) is 2.85. The number of rotatable bonds is 5. The lowest BCUT2D eigenvalue weighted by Gasteiger charge is -2.27. The molecule has 0 radical (unpaired) electrons. The number of nitrogens with one attached hydrogen (secondary N) is 1. The zero-order chi connectivity index (χ0) is 15.5. The van der Waals surface area contributed by atoms with E-state index >= 15 is 0 Å². The SMILES string of the molecule is CCC1CCC(CNC(=O)c2ccc(S(C)(=O)=O)o2)CC1. The van der Waals surface area contributed by atoms with E-state index in [1.807, 2.05) is 0 Å². The van der Waals surface area contributed by atoms with Gasteiger partial charge >= 0.3 is 0 Å². The monoisotopic (exact) mass is 313 g/mol. The lowest BCUT2D eigenvalue weighted by Crippen LogP contribution is -2.31. The number of hydrogen-bond donors (Lipinski definition) is 1. The zero-order valence-electron chi connectivity index (χ0n) is 12.6. The summed E-state index contributed by atoms with van der Waals surface area (Å²) in [6.07, 6.45) is 7.04. The lowest BCUT2D eigenvalue weighted by atomic mass is 9.81. The molecule has 0 aliphatic heterocycles. The van der Waals surface area contributed by atoms with Crippen LogP contribution in [0.2, 0.25) is 0 Å². The lowest BCUT2D eigenvalue weighted by molar-refractivity contribution is 0.0908. The van der Waals surface area contributed by atoms with Crippen LogP contribution in [0.4, 0.5) is 0 Å². The van der Waals surface area contributed by atoms with E-state index in [2.05, 4.69) is 12.2 Å². The molecule has 1 aliphatic rings. The first-order valence-corrected chi connectivity index (χ1v) is 9.37. The van der Waals surface area contributed by atoms with Crippen LogP contribution in [-0.4, -0.2) is 27.1 Å². The number of amides is 1. The van der Waals surface area contributed by atoms with Gasteiger partial charge in [0.15, 0.2) is 5.76 Å². The van der Waals surface area contributed by atoms with Crippen LogP contribution in [0.15, 0.2) is 21.6 Å². The van der Waals surface area contributed by atoms with E-state index in [1.54, 1.807) is 0 Å². The quantitative estimate of drug-likeness (QED) is 0.906. The van der Waals surface area contributed by atoms with Crippen molar-refractivity contribution in [2.45, 2.75) is 44.1 Å². The Hall–Kier alpha value is -1.30. The van der Waals surface area contributed by atoms with Crippen LogP contribution < -0.4 is 5.32 Å². The molecule has 1 N–H and O–H groups in total. The van der Waals surface area contributed by atoms with E-state index < -0.39 is 9.84 Å². The van der Waals surface area contributed by atoms with E-state index in [1.165, 1.54) is 31.4 Å². The third-order valence-corrected chi connectivity index (χ3v) is 5.22. The molecule has 1 aliphatic carbocycles. The first-order valence-electron chi connectivity index (χ1n) is 7.48. The smallest absolute Gasteiger partial charge is 0.287 e. The number of carbonyl (C=O) groups is 1. The fourth-order valence-electron chi connectivity index (χ4n) is 2.81. The van der Waals surface area contributed by atoms with Gasteiger partial charge in [0.25, 0.3) is 5.91 Å². The van der Waals surface area contributed by atoms with Crippen molar-refractivity contribution >= 4 is 15.7 Å². The Morgan fingerprint density at radius 3 is 2.38 bits per heavy atom. The van der Waals surface area contributed by atoms with E-state index in [-0.39, 0.29) is 16.8 Å². The standard InChI is InChI=1S/C15H23NO4S/c1-3-11-4-6-12(7-5-11)10-16-15(17)13-8-9-14(20-13)21(2,18)19/h8-9,11-12H,3-7,10H2,1-2H3,(H,16,17). The molecular weight excluding hydrogens is 290 g/mol. The van der Waals surface area contributed by atoms with Gasteiger partial charge in [-0.2, -0.15) is 0 Å². The second-order valence-electron chi connectivity index (χ2n) is 5.90. The van der Waals surface area contributed by atoms with Crippen molar-refractivity contribution in [2.24, 2.45) is 11.8 Å². The van der Waals surface area contributed by atoms with Gasteiger partial charge in [0.2, 0.25) is 14.9 Å². The average molecular weight is 313 g/mol. The van der Waals surface area contributed by atoms with Gasteiger partial charge in [0.05, 0.1) is 0 Å². The summed E-state index contributed by atoms with van der Waals surface area (Å²) < 4.78 is 27.7. The van der Waals surface area contributed by atoms with Crippen molar-refractivity contribution in [3.05, 3.63) is 17.9 Å². The van der Waals surface area contributed by atoms with Gasteiger partial charge in [-0.05, 0) is 36.8 Å². The van der Waals surface area contributed by atoms with E-state index in [0.29, 0.717) is 12.5 Å². The van der Waals surface area contributed by atoms with Crippen LogP contribution >= 0.6 is 0 Å². The number of sulfone groups is 1. The summed E-state index contributed by atoms with van der Waals surface area (Å²) in [5.41, 5.74) is 0. The van der Waals surface area contributed by atoms with Gasteiger partial charge in [0, 0.05) is 12.8 Å². The minimum atomic E-state index is -3.41. The summed E-state index contributed by atoms with van der Waals surface area (Å²) in [5.74, 6) is 1.06. The minimum absolute atomic E-state index is 0.0534. The molecule has 118 valence electrons. The van der Waals surface area contributed by atoms with Gasteiger partial charge < -0.3 is 9.73 Å². The zero-order valence-corrected chi connectivity index (χ0v) is 13.4. The number of furan rings is 1. The van der Waals surface area contributed by atoms with Gasteiger partial charge in [-0.25, -0.2) is 8.42 Å². The van der Waals surface area contributed by atoms with Crippen LogP contribution in [-0.2, 0) is 9.84 Å². The molecule has 0 spiro atoms. The molecule has 0 unspecified atom stereocenters.